The van der Waals surface area contributed by atoms with E-state index in [0.717, 1.165) is 48.7 Å². The Balaban J connectivity index is 1.93. The predicted molar refractivity (Wildman–Crippen MR) is 75.7 cm³/mol. The third kappa shape index (κ3) is 3.94. The number of fused-ring (bicyclic) bond motifs is 1. The maximum Gasteiger partial charge on any atom is 0.121 e. The first-order chi connectivity index (χ1) is 9.33. The number of aromatic amines is 1. The van der Waals surface area contributed by atoms with Crippen molar-refractivity contribution < 1.29 is 9.47 Å². The first-order valence-electron chi connectivity index (χ1n) is 6.64. The van der Waals surface area contributed by atoms with Gasteiger partial charge in [-0.25, -0.2) is 4.98 Å². The topological polar surface area (TPSA) is 59.2 Å². The van der Waals surface area contributed by atoms with Crippen molar-refractivity contribution in [1.82, 2.24) is 15.3 Å². The van der Waals surface area contributed by atoms with Crippen LogP contribution in [0.3, 0.4) is 0 Å². The van der Waals surface area contributed by atoms with Gasteiger partial charge in [0.05, 0.1) is 24.2 Å². The number of rotatable bonds is 8. The minimum atomic E-state index is 0.677. The van der Waals surface area contributed by atoms with Crippen LogP contribution in [0.5, 0.6) is 5.75 Å². The number of methoxy groups -OCH3 is 1. The smallest absolute Gasteiger partial charge is 0.121 e. The number of nitrogens with one attached hydrogen (secondary N) is 2. The second-order valence-corrected chi connectivity index (χ2v) is 4.29. The normalized spacial score (nSPS) is 11.1. The van der Waals surface area contributed by atoms with E-state index < -0.39 is 0 Å². The fourth-order valence-corrected chi connectivity index (χ4v) is 1.92. The van der Waals surface area contributed by atoms with Gasteiger partial charge in [-0.1, -0.05) is 0 Å². The monoisotopic (exact) mass is 263 g/mol. The molecule has 2 aromatic rings. The Bertz CT molecular complexity index is 510. The molecule has 2 N–H and O–H groups in total. The van der Waals surface area contributed by atoms with E-state index >= 15 is 0 Å². The molecule has 1 aromatic carbocycles. The molecule has 0 saturated carbocycles. The SMILES string of the molecule is CCOc1ccc2nc(CCNCCOC)[nH]c2c1. The van der Waals surface area contributed by atoms with Gasteiger partial charge in [0.25, 0.3) is 0 Å². The fourth-order valence-electron chi connectivity index (χ4n) is 1.92. The van der Waals surface area contributed by atoms with Crippen LogP contribution in [0.15, 0.2) is 18.2 Å². The molecule has 0 aliphatic heterocycles. The number of aromatic nitrogens is 2. The maximum absolute atomic E-state index is 5.47. The van der Waals surface area contributed by atoms with E-state index in [1.165, 1.54) is 0 Å². The largest absolute Gasteiger partial charge is 0.494 e. The minimum Gasteiger partial charge on any atom is -0.494 e. The molecule has 1 aromatic heterocycles. The van der Waals surface area contributed by atoms with Gasteiger partial charge in [-0.3, -0.25) is 0 Å². The minimum absolute atomic E-state index is 0.677. The first kappa shape index (κ1) is 13.8. The van der Waals surface area contributed by atoms with Crippen molar-refractivity contribution in [1.29, 1.82) is 0 Å². The van der Waals surface area contributed by atoms with E-state index in [2.05, 4.69) is 15.3 Å². The lowest BCUT2D eigenvalue weighted by Gasteiger charge is -2.01. The van der Waals surface area contributed by atoms with E-state index in [1.54, 1.807) is 7.11 Å². The molecule has 2 rings (SSSR count). The van der Waals surface area contributed by atoms with Crippen LogP contribution in [0, 0.1) is 0 Å². The second kappa shape index (κ2) is 7.11. The summed E-state index contributed by atoms with van der Waals surface area (Å²) in [6, 6.07) is 5.93. The lowest BCUT2D eigenvalue weighted by molar-refractivity contribution is 0.199. The molecular weight excluding hydrogens is 242 g/mol. The molecular formula is C14H21N3O2. The Kier molecular flexibility index (Phi) is 5.18. The lowest BCUT2D eigenvalue weighted by atomic mass is 10.3. The third-order valence-electron chi connectivity index (χ3n) is 2.83. The predicted octanol–water partition coefficient (Wildman–Crippen LogP) is 1.74. The zero-order valence-corrected chi connectivity index (χ0v) is 11.5. The Morgan fingerprint density at radius 1 is 1.32 bits per heavy atom. The summed E-state index contributed by atoms with van der Waals surface area (Å²) in [5.41, 5.74) is 2.01. The molecule has 0 saturated heterocycles. The molecule has 0 amide bonds. The van der Waals surface area contributed by atoms with Crippen molar-refractivity contribution in [2.75, 3.05) is 33.4 Å². The van der Waals surface area contributed by atoms with Crippen LogP contribution in [0.2, 0.25) is 0 Å². The molecule has 0 aliphatic rings. The number of hydrogen-bond acceptors (Lipinski definition) is 4. The van der Waals surface area contributed by atoms with Crippen LogP contribution in [0.25, 0.3) is 11.0 Å². The lowest BCUT2D eigenvalue weighted by Crippen LogP contribution is -2.22. The van der Waals surface area contributed by atoms with Gasteiger partial charge in [-0.05, 0) is 19.1 Å². The maximum atomic E-state index is 5.47. The highest BCUT2D eigenvalue weighted by atomic mass is 16.5. The summed E-state index contributed by atoms with van der Waals surface area (Å²) >= 11 is 0. The highest BCUT2D eigenvalue weighted by molar-refractivity contribution is 5.76. The van der Waals surface area contributed by atoms with Gasteiger partial charge in [0.2, 0.25) is 0 Å². The molecule has 5 heteroatoms. The van der Waals surface area contributed by atoms with E-state index in [9.17, 15) is 0 Å². The van der Waals surface area contributed by atoms with Crippen molar-refractivity contribution in [3.63, 3.8) is 0 Å². The average Bonchev–Trinajstić information content (AvgIpc) is 2.81. The summed E-state index contributed by atoms with van der Waals surface area (Å²) in [4.78, 5) is 7.87. The summed E-state index contributed by atoms with van der Waals surface area (Å²) in [7, 11) is 1.71. The molecule has 0 atom stereocenters. The number of H-pyrrole nitrogens is 1. The van der Waals surface area contributed by atoms with Crippen LogP contribution in [0.1, 0.15) is 12.7 Å². The number of ether oxygens (including phenoxy) is 2. The average molecular weight is 263 g/mol. The van der Waals surface area contributed by atoms with Gasteiger partial charge in [0, 0.05) is 32.7 Å². The molecule has 0 aliphatic carbocycles. The summed E-state index contributed by atoms with van der Waals surface area (Å²) in [5.74, 6) is 1.87. The zero-order valence-electron chi connectivity index (χ0n) is 11.5. The van der Waals surface area contributed by atoms with Crippen LogP contribution in [-0.4, -0.2) is 43.4 Å². The highest BCUT2D eigenvalue weighted by Crippen LogP contribution is 2.19. The number of hydrogen-bond donors (Lipinski definition) is 2. The molecule has 104 valence electrons. The van der Waals surface area contributed by atoms with Crippen molar-refractivity contribution in [2.24, 2.45) is 0 Å². The van der Waals surface area contributed by atoms with E-state index in [4.69, 9.17) is 9.47 Å². The van der Waals surface area contributed by atoms with Crippen LogP contribution < -0.4 is 10.1 Å². The molecule has 19 heavy (non-hydrogen) atoms. The first-order valence-corrected chi connectivity index (χ1v) is 6.64. The standard InChI is InChI=1S/C14H21N3O2/c1-3-19-11-4-5-12-13(10-11)17-14(16-12)6-7-15-8-9-18-2/h4-5,10,15H,3,6-9H2,1-2H3,(H,16,17). The van der Waals surface area contributed by atoms with Gasteiger partial charge in [-0.15, -0.1) is 0 Å². The molecule has 0 unspecified atom stereocenters. The van der Waals surface area contributed by atoms with Crippen molar-refractivity contribution in [3.05, 3.63) is 24.0 Å². The van der Waals surface area contributed by atoms with Gasteiger partial charge in [0.15, 0.2) is 0 Å². The molecule has 0 bridgehead atoms. The zero-order chi connectivity index (χ0) is 13.5. The third-order valence-corrected chi connectivity index (χ3v) is 2.83. The van der Waals surface area contributed by atoms with E-state index in [1.807, 2.05) is 25.1 Å². The summed E-state index contributed by atoms with van der Waals surface area (Å²) in [5, 5.41) is 3.30. The molecule has 5 nitrogen and oxygen atoms in total. The summed E-state index contributed by atoms with van der Waals surface area (Å²) < 4.78 is 10.5. The summed E-state index contributed by atoms with van der Waals surface area (Å²) in [6.45, 7) is 5.15. The van der Waals surface area contributed by atoms with Crippen LogP contribution in [-0.2, 0) is 11.2 Å². The van der Waals surface area contributed by atoms with E-state index in [0.29, 0.717) is 6.61 Å². The van der Waals surface area contributed by atoms with Crippen LogP contribution in [0.4, 0.5) is 0 Å². The Labute approximate surface area is 113 Å². The van der Waals surface area contributed by atoms with Gasteiger partial charge in [-0.2, -0.15) is 0 Å². The van der Waals surface area contributed by atoms with Crippen LogP contribution >= 0.6 is 0 Å². The van der Waals surface area contributed by atoms with Gasteiger partial charge < -0.3 is 19.8 Å². The highest BCUT2D eigenvalue weighted by Gasteiger charge is 2.04. The Morgan fingerprint density at radius 3 is 3.00 bits per heavy atom. The number of benzene rings is 1. The Morgan fingerprint density at radius 2 is 2.21 bits per heavy atom. The molecule has 0 radical (unpaired) electrons. The van der Waals surface area contributed by atoms with E-state index in [-0.39, 0.29) is 0 Å². The quantitative estimate of drug-likeness (QED) is 0.712. The number of nitrogens with zero attached hydrogens (tertiary/aromatic N) is 1. The van der Waals surface area contributed by atoms with Crippen molar-refractivity contribution >= 4 is 11.0 Å². The Hall–Kier alpha value is -1.59. The van der Waals surface area contributed by atoms with Gasteiger partial charge in [0.1, 0.15) is 11.6 Å². The second-order valence-electron chi connectivity index (χ2n) is 4.29. The van der Waals surface area contributed by atoms with Crippen molar-refractivity contribution in [3.8, 4) is 5.75 Å². The van der Waals surface area contributed by atoms with Gasteiger partial charge >= 0.3 is 0 Å². The van der Waals surface area contributed by atoms with Crippen molar-refractivity contribution in [2.45, 2.75) is 13.3 Å². The summed E-state index contributed by atoms with van der Waals surface area (Å²) in [6.07, 6.45) is 0.877. The molecule has 0 spiro atoms. The fraction of sp³-hybridized carbons (Fsp3) is 0.500. The molecule has 1 heterocycles. The molecule has 0 fully saturated rings. The number of imidazole rings is 1.